The third-order valence-corrected chi connectivity index (χ3v) is 7.46. The van der Waals surface area contributed by atoms with Gasteiger partial charge in [-0.05, 0) is 31.2 Å². The van der Waals surface area contributed by atoms with Gasteiger partial charge in [-0.25, -0.2) is 9.97 Å². The Bertz CT molecular complexity index is 932. The summed E-state index contributed by atoms with van der Waals surface area (Å²) in [6.45, 7) is 4.36. The number of nitrogens with two attached hydrogens (primary N) is 1. The van der Waals surface area contributed by atoms with Crippen LogP contribution in [0.3, 0.4) is 0 Å². The lowest BCUT2D eigenvalue weighted by Crippen LogP contribution is -2.00. The van der Waals surface area contributed by atoms with Crippen molar-refractivity contribution < 1.29 is 0 Å². The van der Waals surface area contributed by atoms with E-state index < -0.39 is 0 Å². The van der Waals surface area contributed by atoms with Gasteiger partial charge >= 0.3 is 0 Å². The van der Waals surface area contributed by atoms with Crippen LogP contribution in [0.2, 0.25) is 0 Å². The average Bonchev–Trinajstić information content (AvgIpc) is 3.16. The molecule has 136 valence electrons. The van der Waals surface area contributed by atoms with Crippen LogP contribution in [-0.4, -0.2) is 26.7 Å². The fraction of sp³-hybridized carbons (Fsp3) is 0.412. The van der Waals surface area contributed by atoms with Crippen molar-refractivity contribution in [3.8, 4) is 0 Å². The third kappa shape index (κ3) is 3.70. The van der Waals surface area contributed by atoms with Crippen LogP contribution in [0.4, 0.5) is 10.9 Å². The van der Waals surface area contributed by atoms with Crippen LogP contribution in [0.1, 0.15) is 35.5 Å². The van der Waals surface area contributed by atoms with Crippen LogP contribution in [0.15, 0.2) is 17.0 Å². The summed E-state index contributed by atoms with van der Waals surface area (Å²) in [5, 5.41) is 13.3. The number of nitrogens with one attached hydrogen (secondary N) is 1. The fourth-order valence-electron chi connectivity index (χ4n) is 3.10. The zero-order valence-corrected chi connectivity index (χ0v) is 16.8. The molecule has 0 unspecified atom stereocenters. The highest BCUT2D eigenvalue weighted by Crippen LogP contribution is 2.37. The van der Waals surface area contributed by atoms with Crippen LogP contribution in [-0.2, 0) is 18.6 Å². The Hall–Kier alpha value is -1.71. The van der Waals surface area contributed by atoms with Crippen molar-refractivity contribution in [2.75, 3.05) is 17.6 Å². The van der Waals surface area contributed by atoms with Crippen LogP contribution in [0, 0.1) is 0 Å². The predicted octanol–water partition coefficient (Wildman–Crippen LogP) is 4.28. The highest BCUT2D eigenvalue weighted by Gasteiger charge is 2.19. The van der Waals surface area contributed by atoms with E-state index in [0.717, 1.165) is 38.4 Å². The van der Waals surface area contributed by atoms with Gasteiger partial charge in [0.25, 0.3) is 0 Å². The third-order valence-electron chi connectivity index (χ3n) is 4.27. The number of nitrogen functional groups attached to an aromatic ring is 1. The van der Waals surface area contributed by atoms with E-state index in [0.29, 0.717) is 18.1 Å². The Balaban J connectivity index is 1.52. The van der Waals surface area contributed by atoms with E-state index in [2.05, 4.69) is 27.1 Å². The normalized spacial score (nSPS) is 14.2. The molecule has 0 aromatic carbocycles. The molecule has 0 bridgehead atoms. The van der Waals surface area contributed by atoms with Crippen LogP contribution in [0.5, 0.6) is 0 Å². The molecule has 0 radical (unpaired) electrons. The first-order chi connectivity index (χ1) is 12.7. The summed E-state index contributed by atoms with van der Waals surface area (Å²) in [5.41, 5.74) is 7.70. The number of nitrogens with zero attached hydrogens (tertiary/aromatic N) is 4. The quantitative estimate of drug-likeness (QED) is 0.360. The van der Waals surface area contributed by atoms with Crippen LogP contribution < -0.4 is 11.1 Å². The minimum absolute atomic E-state index is 0.621. The average molecular weight is 405 g/mol. The van der Waals surface area contributed by atoms with Crippen LogP contribution in [0.25, 0.3) is 10.2 Å². The molecule has 0 aliphatic heterocycles. The second kappa shape index (κ2) is 7.89. The molecule has 3 N–H and O–H groups in total. The molecule has 3 aromatic heterocycles. The molecular formula is C17H20N6S3. The molecule has 0 fully saturated rings. The lowest BCUT2D eigenvalue weighted by atomic mass is 10.1. The van der Waals surface area contributed by atoms with Gasteiger partial charge < -0.3 is 11.1 Å². The van der Waals surface area contributed by atoms with Gasteiger partial charge in [-0.3, -0.25) is 0 Å². The van der Waals surface area contributed by atoms with Crippen molar-refractivity contribution >= 4 is 55.6 Å². The molecule has 0 saturated carbocycles. The molecule has 0 amide bonds. The summed E-state index contributed by atoms with van der Waals surface area (Å²) in [7, 11) is 0. The minimum atomic E-state index is 0.621. The molecule has 1 aliphatic rings. The number of rotatable bonds is 6. The largest absolute Gasteiger partial charge is 0.383 e. The number of fused-ring (bicyclic) bond motifs is 3. The molecule has 3 heterocycles. The highest BCUT2D eigenvalue weighted by atomic mass is 32.2. The molecule has 6 nitrogen and oxygen atoms in total. The summed E-state index contributed by atoms with van der Waals surface area (Å²) in [6.07, 6.45) is 7.82. The van der Waals surface area contributed by atoms with E-state index in [4.69, 9.17) is 10.7 Å². The summed E-state index contributed by atoms with van der Waals surface area (Å²) >= 11 is 4.90. The van der Waals surface area contributed by atoms with Gasteiger partial charge in [-0.15, -0.1) is 28.1 Å². The Morgan fingerprint density at radius 3 is 2.92 bits per heavy atom. The number of aromatic nitrogens is 4. The highest BCUT2D eigenvalue weighted by molar-refractivity contribution is 8.00. The molecule has 0 spiro atoms. The number of hydrogen-bond donors (Lipinski definition) is 2. The van der Waals surface area contributed by atoms with Gasteiger partial charge in [0.2, 0.25) is 5.13 Å². The molecule has 26 heavy (non-hydrogen) atoms. The zero-order chi connectivity index (χ0) is 17.9. The van der Waals surface area contributed by atoms with Crippen molar-refractivity contribution in [2.24, 2.45) is 0 Å². The summed E-state index contributed by atoms with van der Waals surface area (Å²) < 4.78 is 0.890. The number of aryl methyl sites for hydroxylation is 2. The van der Waals surface area contributed by atoms with E-state index in [-0.39, 0.29) is 0 Å². The maximum Gasteiger partial charge on any atom is 0.206 e. The monoisotopic (exact) mass is 404 g/mol. The Labute approximate surface area is 164 Å². The maximum atomic E-state index is 6.31. The van der Waals surface area contributed by atoms with E-state index in [1.807, 2.05) is 0 Å². The Morgan fingerprint density at radius 2 is 2.04 bits per heavy atom. The van der Waals surface area contributed by atoms with E-state index in [9.17, 15) is 0 Å². The summed E-state index contributed by atoms with van der Waals surface area (Å²) in [6, 6.07) is 0. The first kappa shape index (κ1) is 17.7. The van der Waals surface area contributed by atoms with E-state index >= 15 is 0 Å². The Kier molecular flexibility index (Phi) is 5.37. The number of hydrogen-bond acceptors (Lipinski definition) is 9. The Morgan fingerprint density at radius 1 is 1.15 bits per heavy atom. The fourth-order valence-corrected chi connectivity index (χ4v) is 6.00. The number of thioether (sulfide) groups is 1. The van der Waals surface area contributed by atoms with Gasteiger partial charge in [-0.1, -0.05) is 35.6 Å². The predicted molar refractivity (Wildman–Crippen MR) is 111 cm³/mol. The molecule has 9 heteroatoms. The van der Waals surface area contributed by atoms with E-state index in [1.54, 1.807) is 29.2 Å². The van der Waals surface area contributed by atoms with E-state index in [1.165, 1.54) is 41.0 Å². The van der Waals surface area contributed by atoms with Crippen molar-refractivity contribution in [1.29, 1.82) is 0 Å². The molecule has 1 aliphatic carbocycles. The second-order valence-electron chi connectivity index (χ2n) is 6.10. The van der Waals surface area contributed by atoms with Gasteiger partial charge in [0.05, 0.1) is 11.1 Å². The summed E-state index contributed by atoms with van der Waals surface area (Å²) in [5.74, 6) is 2.02. The molecular weight excluding hydrogens is 384 g/mol. The van der Waals surface area contributed by atoms with Gasteiger partial charge in [0.15, 0.2) is 4.34 Å². The van der Waals surface area contributed by atoms with Crippen molar-refractivity contribution in [2.45, 2.75) is 42.2 Å². The topological polar surface area (TPSA) is 89.6 Å². The zero-order valence-electron chi connectivity index (χ0n) is 14.3. The van der Waals surface area contributed by atoms with Crippen molar-refractivity contribution in [3.63, 3.8) is 0 Å². The maximum absolute atomic E-state index is 6.31. The lowest BCUT2D eigenvalue weighted by Gasteiger charge is -2.03. The minimum Gasteiger partial charge on any atom is -0.383 e. The standard InChI is InChI=1S/C17H20N6S3/c1-2-8-19-16-22-23-17(26-16)24-9-12-20-14(18)13-10-6-4-3-5-7-11(10)25-15(13)21-12/h2H,1,3-9H2,(H,19,22)(H2,18,20,21). The van der Waals surface area contributed by atoms with Crippen LogP contribution >= 0.6 is 34.4 Å². The van der Waals surface area contributed by atoms with Gasteiger partial charge in [0, 0.05) is 11.4 Å². The first-order valence-electron chi connectivity index (χ1n) is 8.62. The molecule has 3 aromatic rings. The summed E-state index contributed by atoms with van der Waals surface area (Å²) in [4.78, 5) is 11.8. The number of anilines is 2. The molecule has 0 saturated heterocycles. The van der Waals surface area contributed by atoms with Gasteiger partial charge in [0.1, 0.15) is 16.5 Å². The molecule has 0 atom stereocenters. The second-order valence-corrected chi connectivity index (χ2v) is 9.38. The number of thiophene rings is 1. The lowest BCUT2D eigenvalue weighted by molar-refractivity contribution is 0.713. The molecule has 4 rings (SSSR count). The van der Waals surface area contributed by atoms with Gasteiger partial charge in [-0.2, -0.15) is 0 Å². The van der Waals surface area contributed by atoms with Crippen molar-refractivity contribution in [3.05, 3.63) is 28.9 Å². The first-order valence-corrected chi connectivity index (χ1v) is 11.2. The smallest absolute Gasteiger partial charge is 0.206 e. The van der Waals surface area contributed by atoms with Crippen molar-refractivity contribution in [1.82, 2.24) is 20.2 Å². The SMILES string of the molecule is C=CCNc1nnc(SCc2nc(N)c3c4c(sc3n2)CCCCC4)s1.